The zero-order valence-corrected chi connectivity index (χ0v) is 15.7. The molecule has 0 aliphatic carbocycles. The Morgan fingerprint density at radius 2 is 2.04 bits per heavy atom. The van der Waals surface area contributed by atoms with E-state index in [9.17, 15) is 9.59 Å². The molecule has 0 unspecified atom stereocenters. The van der Waals surface area contributed by atoms with Crippen LogP contribution >= 0.6 is 22.9 Å². The van der Waals surface area contributed by atoms with Crippen molar-refractivity contribution in [1.29, 1.82) is 0 Å². The summed E-state index contributed by atoms with van der Waals surface area (Å²) in [5, 5.41) is 11.8. The molecule has 9 heteroatoms. The molecular weight excluding hydrogens is 376 g/mol. The molecule has 2 heterocycles. The van der Waals surface area contributed by atoms with Crippen LogP contribution in [-0.4, -0.2) is 46.6 Å². The Bertz CT molecular complexity index is 777. The molecule has 3 rings (SSSR count). The van der Waals surface area contributed by atoms with Crippen molar-refractivity contribution in [2.75, 3.05) is 25.0 Å². The molecule has 1 aliphatic rings. The number of anilines is 1. The highest BCUT2D eigenvalue weighted by molar-refractivity contribution is 7.13. The van der Waals surface area contributed by atoms with E-state index in [-0.39, 0.29) is 30.0 Å². The third kappa shape index (κ3) is 5.23. The van der Waals surface area contributed by atoms with E-state index in [0.717, 1.165) is 37.3 Å². The molecular formula is C17H19ClN4O3S. The average molecular weight is 395 g/mol. The molecule has 1 aromatic carbocycles. The molecule has 26 heavy (non-hydrogen) atoms. The summed E-state index contributed by atoms with van der Waals surface area (Å²) in [7, 11) is 0. The van der Waals surface area contributed by atoms with Crippen LogP contribution in [0, 0.1) is 0 Å². The number of halogens is 1. The fraction of sp³-hybridized carbons (Fsp3) is 0.412. The van der Waals surface area contributed by atoms with Gasteiger partial charge in [0, 0.05) is 23.8 Å². The number of carbonyl (C=O) groups excluding carboxylic acids is 2. The highest BCUT2D eigenvalue weighted by atomic mass is 35.5. The first-order valence-corrected chi connectivity index (χ1v) is 9.56. The average Bonchev–Trinajstić information content (AvgIpc) is 3.11. The lowest BCUT2D eigenvalue weighted by Crippen LogP contribution is -2.37. The number of likely N-dealkylation sites (tertiary alicyclic amines) is 1. The summed E-state index contributed by atoms with van der Waals surface area (Å²) in [4.78, 5) is 26.0. The van der Waals surface area contributed by atoms with Crippen molar-refractivity contribution >= 4 is 40.4 Å². The van der Waals surface area contributed by atoms with Crippen molar-refractivity contribution in [3.8, 4) is 0 Å². The van der Waals surface area contributed by atoms with Crippen molar-refractivity contribution in [3.63, 3.8) is 0 Å². The van der Waals surface area contributed by atoms with Gasteiger partial charge in [0.25, 0.3) is 5.91 Å². The van der Waals surface area contributed by atoms with E-state index in [4.69, 9.17) is 16.3 Å². The number of ether oxygens (including phenoxy) is 1. The first-order valence-electron chi connectivity index (χ1n) is 8.36. The molecule has 0 spiro atoms. The van der Waals surface area contributed by atoms with Gasteiger partial charge in [0.2, 0.25) is 10.9 Å². The number of nitrogens with one attached hydrogen (secondary N) is 1. The number of benzene rings is 1. The molecule has 0 atom stereocenters. The van der Waals surface area contributed by atoms with E-state index in [2.05, 4.69) is 15.5 Å². The third-order valence-corrected chi connectivity index (χ3v) is 5.03. The molecule has 2 aromatic rings. The van der Waals surface area contributed by atoms with Gasteiger partial charge in [0.15, 0.2) is 0 Å². The largest absolute Gasteiger partial charge is 0.364 e. The zero-order chi connectivity index (χ0) is 18.4. The number of rotatable bonds is 6. The third-order valence-electron chi connectivity index (χ3n) is 3.90. The van der Waals surface area contributed by atoms with Crippen molar-refractivity contribution in [1.82, 2.24) is 15.1 Å². The number of amides is 2. The predicted molar refractivity (Wildman–Crippen MR) is 99.4 cm³/mol. The van der Waals surface area contributed by atoms with Crippen molar-refractivity contribution in [2.24, 2.45) is 0 Å². The Balaban J connectivity index is 1.46. The number of hydrogen-bond acceptors (Lipinski definition) is 6. The van der Waals surface area contributed by atoms with Crippen molar-refractivity contribution in [3.05, 3.63) is 39.3 Å². The zero-order valence-electron chi connectivity index (χ0n) is 14.1. The van der Waals surface area contributed by atoms with Crippen LogP contribution in [0.3, 0.4) is 0 Å². The van der Waals surface area contributed by atoms with Gasteiger partial charge in [-0.05, 0) is 37.5 Å². The number of hydrogen-bond donors (Lipinski definition) is 1. The first-order chi connectivity index (χ1) is 12.6. The first kappa shape index (κ1) is 18.8. The normalized spacial score (nSPS) is 14.3. The van der Waals surface area contributed by atoms with Crippen LogP contribution in [0.1, 0.15) is 34.1 Å². The van der Waals surface area contributed by atoms with Crippen LogP contribution in [0.25, 0.3) is 0 Å². The lowest BCUT2D eigenvalue weighted by molar-refractivity contribution is -0.137. The molecule has 138 valence electrons. The van der Waals surface area contributed by atoms with E-state index >= 15 is 0 Å². The van der Waals surface area contributed by atoms with E-state index in [1.807, 2.05) is 4.90 Å². The molecule has 0 bridgehead atoms. The molecule has 1 saturated heterocycles. The molecule has 1 N–H and O–H groups in total. The Hall–Kier alpha value is -2.03. The maximum atomic E-state index is 12.2. The fourth-order valence-corrected chi connectivity index (χ4v) is 3.48. The van der Waals surface area contributed by atoms with Gasteiger partial charge < -0.3 is 15.0 Å². The molecule has 0 radical (unpaired) electrons. The lowest BCUT2D eigenvalue weighted by atomic mass is 10.1. The smallest absolute Gasteiger partial charge is 0.286 e. The summed E-state index contributed by atoms with van der Waals surface area (Å²) in [6.45, 7) is 1.77. The van der Waals surface area contributed by atoms with Crippen LogP contribution in [-0.2, 0) is 16.1 Å². The molecule has 1 aliphatic heterocycles. The highest BCUT2D eigenvalue weighted by Gasteiger charge is 2.17. The number of nitrogens with zero attached hydrogens (tertiary/aromatic N) is 3. The number of carbonyl (C=O) groups is 2. The predicted octanol–water partition coefficient (Wildman–Crippen LogP) is 2.97. The lowest BCUT2D eigenvalue weighted by Gasteiger charge is -2.26. The van der Waals surface area contributed by atoms with Gasteiger partial charge in [-0.3, -0.25) is 9.59 Å². The van der Waals surface area contributed by atoms with Crippen molar-refractivity contribution in [2.45, 2.75) is 25.9 Å². The van der Waals surface area contributed by atoms with Crippen LogP contribution in [0.2, 0.25) is 5.02 Å². The molecule has 1 aromatic heterocycles. The molecule has 0 saturated carbocycles. The monoisotopic (exact) mass is 394 g/mol. The van der Waals surface area contributed by atoms with Gasteiger partial charge in [0.1, 0.15) is 18.2 Å². The maximum Gasteiger partial charge on any atom is 0.286 e. The van der Waals surface area contributed by atoms with Crippen LogP contribution in [0.4, 0.5) is 5.69 Å². The summed E-state index contributed by atoms with van der Waals surface area (Å²) in [5.41, 5.74) is 0.586. The molecule has 1 fully saturated rings. The SMILES string of the molecule is O=C(Nc1cccc(Cl)c1)c1nnc(COCC(=O)N2CCCCC2)s1. The molecule has 7 nitrogen and oxygen atoms in total. The Labute approximate surface area is 160 Å². The molecule has 2 amide bonds. The maximum absolute atomic E-state index is 12.2. The topological polar surface area (TPSA) is 84.4 Å². The second-order valence-electron chi connectivity index (χ2n) is 5.90. The minimum atomic E-state index is -0.361. The number of piperidine rings is 1. The fourth-order valence-electron chi connectivity index (χ4n) is 2.61. The van der Waals surface area contributed by atoms with Gasteiger partial charge in [-0.2, -0.15) is 0 Å². The van der Waals surface area contributed by atoms with Gasteiger partial charge in [-0.25, -0.2) is 0 Å². The Kier molecular flexibility index (Phi) is 6.54. The van der Waals surface area contributed by atoms with Crippen molar-refractivity contribution < 1.29 is 14.3 Å². The van der Waals surface area contributed by atoms with Gasteiger partial charge in [-0.1, -0.05) is 29.0 Å². The summed E-state index contributed by atoms with van der Waals surface area (Å²) < 4.78 is 5.43. The quantitative estimate of drug-likeness (QED) is 0.814. The minimum absolute atomic E-state index is 0.00635. The Morgan fingerprint density at radius 1 is 1.23 bits per heavy atom. The van der Waals surface area contributed by atoms with Gasteiger partial charge >= 0.3 is 0 Å². The van der Waals surface area contributed by atoms with E-state index < -0.39 is 0 Å². The van der Waals surface area contributed by atoms with Gasteiger partial charge in [0.05, 0.1) is 0 Å². The van der Waals surface area contributed by atoms with E-state index in [0.29, 0.717) is 15.7 Å². The van der Waals surface area contributed by atoms with E-state index in [1.54, 1.807) is 24.3 Å². The second-order valence-corrected chi connectivity index (χ2v) is 7.40. The summed E-state index contributed by atoms with van der Waals surface area (Å²) in [6, 6.07) is 6.86. The summed E-state index contributed by atoms with van der Waals surface area (Å²) in [6.07, 6.45) is 3.27. The highest BCUT2D eigenvalue weighted by Crippen LogP contribution is 2.17. The summed E-state index contributed by atoms with van der Waals surface area (Å²) in [5.74, 6) is -0.367. The minimum Gasteiger partial charge on any atom is -0.364 e. The standard InChI is InChI=1S/C17H19ClN4O3S/c18-12-5-4-6-13(9-12)19-16(24)17-21-20-14(26-17)10-25-11-15(23)22-7-2-1-3-8-22/h4-6,9H,1-3,7-8,10-11H2,(H,19,24). The summed E-state index contributed by atoms with van der Waals surface area (Å²) >= 11 is 7.03. The van der Waals surface area contributed by atoms with E-state index in [1.165, 1.54) is 6.42 Å². The van der Waals surface area contributed by atoms with Crippen LogP contribution in [0.15, 0.2) is 24.3 Å². The second kappa shape index (κ2) is 9.07. The number of aromatic nitrogens is 2. The van der Waals surface area contributed by atoms with Crippen LogP contribution < -0.4 is 5.32 Å². The Morgan fingerprint density at radius 3 is 2.81 bits per heavy atom. The van der Waals surface area contributed by atoms with Crippen LogP contribution in [0.5, 0.6) is 0 Å². The van der Waals surface area contributed by atoms with Gasteiger partial charge in [-0.15, -0.1) is 10.2 Å².